The van der Waals surface area contributed by atoms with Crippen molar-refractivity contribution in [2.24, 2.45) is 46.3 Å². The van der Waals surface area contributed by atoms with E-state index in [4.69, 9.17) is 33.2 Å². The molecule has 0 unspecified atom stereocenters. The molecule has 16 heteroatoms. The fourth-order valence-electron chi connectivity index (χ4n) is 14.0. The van der Waals surface area contributed by atoms with Gasteiger partial charge in [0.25, 0.3) is 0 Å². The molecule has 348 valence electrons. The van der Waals surface area contributed by atoms with Crippen LogP contribution in [-0.4, -0.2) is 162 Å². The summed E-state index contributed by atoms with van der Waals surface area (Å²) >= 11 is 2.09. The Morgan fingerprint density at radius 2 is 1.36 bits per heavy atom. The van der Waals surface area contributed by atoms with Gasteiger partial charge in [-0.05, 0) is 118 Å². The summed E-state index contributed by atoms with van der Waals surface area (Å²) in [4.78, 5) is -0.0194. The van der Waals surface area contributed by atoms with Crippen molar-refractivity contribution >= 4 is 11.8 Å². The first kappa shape index (κ1) is 45.6. The van der Waals surface area contributed by atoms with Gasteiger partial charge in [0.2, 0.25) is 0 Å². The third kappa shape index (κ3) is 7.54. The first-order valence-electron chi connectivity index (χ1n) is 23.2. The lowest BCUT2D eigenvalue weighted by molar-refractivity contribution is -0.388. The number of hydrogen-bond donors (Lipinski definition) is 8. The van der Waals surface area contributed by atoms with Crippen molar-refractivity contribution in [2.75, 3.05) is 12.4 Å². The Kier molecular flexibility index (Phi) is 12.7. The van der Waals surface area contributed by atoms with Gasteiger partial charge in [-0.1, -0.05) is 39.3 Å². The Bertz CT molecular complexity index is 1600. The molecule has 9 aliphatic rings. The molecule has 0 aromatic rings. The predicted molar refractivity (Wildman–Crippen MR) is 219 cm³/mol. The lowest BCUT2D eigenvalue weighted by Gasteiger charge is -2.59. The maximum atomic E-state index is 12.0. The van der Waals surface area contributed by atoms with Crippen molar-refractivity contribution in [3.63, 3.8) is 0 Å². The molecule has 26 atom stereocenters. The van der Waals surface area contributed by atoms with Crippen molar-refractivity contribution < 1.29 is 74.0 Å². The van der Waals surface area contributed by atoms with E-state index in [1.807, 2.05) is 0 Å². The van der Waals surface area contributed by atoms with E-state index in [0.717, 1.165) is 25.2 Å². The lowest BCUT2D eigenvalue weighted by atomic mass is 9.47. The summed E-state index contributed by atoms with van der Waals surface area (Å²) in [6.45, 7) is 12.3. The summed E-state index contributed by atoms with van der Waals surface area (Å²) in [5.74, 6) is 4.85. The molecular formula is C45H72O15S. The van der Waals surface area contributed by atoms with Crippen LogP contribution in [0.4, 0.5) is 0 Å². The molecule has 0 radical (unpaired) electrons. The minimum Gasteiger partial charge on any atom is -0.394 e. The van der Waals surface area contributed by atoms with Crippen LogP contribution in [0.25, 0.3) is 0 Å². The molecule has 0 bridgehead atoms. The SMILES string of the molecule is C[C@@H]1CC[C@]2(O[C@H]3C[C@H]4[C@@H]5CC=C6C[C@@H](O[C@@H]7O[C@H](CO)[C@@H](O[C@@H]8O[C@@H](C)[C@H](O)[C@@H](O)[C@H]8O)[C@H](O)[C@H]7O[C@@H]7O[C@@H](C)[C@H](O)[C@@H](O)[C@H]7O)CC[C@]6(C)[C@H]5CC[C@]4(C)[C@H]3[C@@H]2C)SC1. The summed E-state index contributed by atoms with van der Waals surface area (Å²) in [6.07, 6.45) is -9.64. The second-order valence-electron chi connectivity index (χ2n) is 21.1. The quantitative estimate of drug-likeness (QED) is 0.171. The summed E-state index contributed by atoms with van der Waals surface area (Å²) in [7, 11) is 0. The molecule has 0 aromatic heterocycles. The molecule has 0 aromatic carbocycles. The number of aliphatic hydroxyl groups excluding tert-OH is 8. The molecule has 61 heavy (non-hydrogen) atoms. The van der Waals surface area contributed by atoms with E-state index >= 15 is 0 Å². The number of rotatable bonds is 7. The predicted octanol–water partition coefficient (Wildman–Crippen LogP) is 1.96. The van der Waals surface area contributed by atoms with E-state index in [1.54, 1.807) is 0 Å². The van der Waals surface area contributed by atoms with Gasteiger partial charge in [-0.2, -0.15) is 0 Å². The summed E-state index contributed by atoms with van der Waals surface area (Å²) in [6, 6.07) is 0. The zero-order valence-corrected chi connectivity index (χ0v) is 37.3. The molecule has 1 spiro atoms. The van der Waals surface area contributed by atoms with E-state index in [2.05, 4.69) is 45.5 Å². The number of aliphatic hydroxyl groups is 8. The second kappa shape index (κ2) is 17.0. The molecule has 15 nitrogen and oxygen atoms in total. The van der Waals surface area contributed by atoms with Crippen molar-refractivity contribution in [1.29, 1.82) is 0 Å². The molecule has 8 N–H and O–H groups in total. The molecular weight excluding hydrogens is 813 g/mol. The van der Waals surface area contributed by atoms with Crippen molar-refractivity contribution in [2.45, 2.75) is 209 Å². The lowest BCUT2D eigenvalue weighted by Crippen LogP contribution is -2.66. The zero-order chi connectivity index (χ0) is 43.5. The highest BCUT2D eigenvalue weighted by Crippen LogP contribution is 2.71. The largest absolute Gasteiger partial charge is 0.394 e. The maximum Gasteiger partial charge on any atom is 0.187 e. The topological polar surface area (TPSA) is 226 Å². The van der Waals surface area contributed by atoms with Gasteiger partial charge in [-0.15, -0.1) is 11.8 Å². The second-order valence-corrected chi connectivity index (χ2v) is 22.4. The van der Waals surface area contributed by atoms with Gasteiger partial charge in [0, 0.05) is 5.92 Å². The third-order valence-corrected chi connectivity index (χ3v) is 19.5. The number of fused-ring (bicyclic) bond motifs is 7. The number of allylic oxidation sites excluding steroid dienone is 1. The molecule has 5 heterocycles. The molecule has 5 saturated heterocycles. The van der Waals surface area contributed by atoms with Crippen LogP contribution in [0.5, 0.6) is 0 Å². The highest BCUT2D eigenvalue weighted by Gasteiger charge is 2.68. The van der Waals surface area contributed by atoms with Gasteiger partial charge in [0.15, 0.2) is 18.9 Å². The normalized spacial score (nSPS) is 58.4. The molecule has 3 saturated carbocycles. The highest BCUT2D eigenvalue weighted by molar-refractivity contribution is 8.00. The van der Waals surface area contributed by atoms with Gasteiger partial charge >= 0.3 is 0 Å². The van der Waals surface area contributed by atoms with Crippen molar-refractivity contribution in [3.8, 4) is 0 Å². The fourth-order valence-corrected chi connectivity index (χ4v) is 15.6. The standard InChI is InChI=1S/C45H72O15S/c1-19-9-14-45(61-18-19)20(2)30-28(60-45)16-27-25-8-7-23-15-24(10-12-43(23,5)26(25)11-13-44(27,30)6)56-42-39(59-41-36(52)34(50)32(48)22(4)55-41)37(53)38(29(17-46)57-42)58-40-35(51)33(49)31(47)21(3)54-40/h7,19-22,24-42,46-53H,8-18H2,1-6H3/t19-,20+,21+,22+,24+,25-,26+,27+,28+,29-,30+,31+,32+,33-,34-,35-,36-,37+,38-,39-,40+,41+,42-,43+,44+,45+/m1/s1. The van der Waals surface area contributed by atoms with E-state index < -0.39 is 98.7 Å². The van der Waals surface area contributed by atoms with Gasteiger partial charge in [0.05, 0.1) is 31.0 Å². The monoisotopic (exact) mass is 884 g/mol. The van der Waals surface area contributed by atoms with Crippen LogP contribution < -0.4 is 0 Å². The average Bonchev–Trinajstić information content (AvgIpc) is 3.69. The maximum absolute atomic E-state index is 12.0. The summed E-state index contributed by atoms with van der Waals surface area (Å²) in [5, 5.41) is 85.9. The van der Waals surface area contributed by atoms with E-state index in [9.17, 15) is 40.9 Å². The van der Waals surface area contributed by atoms with Crippen LogP contribution in [-0.2, 0) is 33.2 Å². The van der Waals surface area contributed by atoms with Crippen LogP contribution in [0.3, 0.4) is 0 Å². The Labute approximate surface area is 363 Å². The number of hydrogen-bond acceptors (Lipinski definition) is 16. The van der Waals surface area contributed by atoms with Crippen LogP contribution >= 0.6 is 11.8 Å². The fraction of sp³-hybridized carbons (Fsp3) is 0.956. The minimum atomic E-state index is -1.70. The highest BCUT2D eigenvalue weighted by atomic mass is 32.2. The van der Waals surface area contributed by atoms with Gasteiger partial charge in [-0.3, -0.25) is 0 Å². The zero-order valence-electron chi connectivity index (χ0n) is 36.5. The Morgan fingerprint density at radius 1 is 0.705 bits per heavy atom. The Balaban J connectivity index is 0.916. The van der Waals surface area contributed by atoms with Gasteiger partial charge in [-0.25, -0.2) is 0 Å². The van der Waals surface area contributed by atoms with Crippen LogP contribution in [0.2, 0.25) is 0 Å². The van der Waals surface area contributed by atoms with Crippen molar-refractivity contribution in [1.82, 2.24) is 0 Å². The van der Waals surface area contributed by atoms with Crippen LogP contribution in [0.15, 0.2) is 11.6 Å². The molecule has 5 aliphatic heterocycles. The Hall–Kier alpha value is -0.510. The first-order chi connectivity index (χ1) is 28.9. The first-order valence-corrected chi connectivity index (χ1v) is 24.2. The number of ether oxygens (including phenoxy) is 7. The van der Waals surface area contributed by atoms with Gasteiger partial charge < -0.3 is 74.0 Å². The molecule has 4 aliphatic carbocycles. The van der Waals surface area contributed by atoms with E-state index in [1.165, 1.54) is 50.9 Å². The Morgan fingerprint density at radius 3 is 1.98 bits per heavy atom. The van der Waals surface area contributed by atoms with Crippen molar-refractivity contribution in [3.05, 3.63) is 11.6 Å². The molecule has 8 fully saturated rings. The minimum absolute atomic E-state index is 0.00351. The molecule has 0 amide bonds. The van der Waals surface area contributed by atoms with Crippen LogP contribution in [0.1, 0.15) is 99.3 Å². The smallest absolute Gasteiger partial charge is 0.187 e. The average molecular weight is 885 g/mol. The molecule has 9 rings (SSSR count). The summed E-state index contributed by atoms with van der Waals surface area (Å²) < 4.78 is 43.8. The van der Waals surface area contributed by atoms with E-state index in [0.29, 0.717) is 48.5 Å². The number of thioether (sulfide) groups is 1. The third-order valence-electron chi connectivity index (χ3n) is 17.6. The van der Waals surface area contributed by atoms with Crippen LogP contribution in [0, 0.1) is 46.3 Å². The van der Waals surface area contributed by atoms with Gasteiger partial charge in [0.1, 0.15) is 66.0 Å². The summed E-state index contributed by atoms with van der Waals surface area (Å²) in [5.41, 5.74) is 1.64. The van der Waals surface area contributed by atoms with E-state index in [-0.39, 0.29) is 21.9 Å².